The third kappa shape index (κ3) is 7.03. The molecule has 0 bridgehead atoms. The van der Waals surface area contributed by atoms with Crippen molar-refractivity contribution in [2.24, 2.45) is 0 Å². The summed E-state index contributed by atoms with van der Waals surface area (Å²) in [5.74, 6) is -3.13. The highest BCUT2D eigenvalue weighted by Crippen LogP contribution is 2.34. The van der Waals surface area contributed by atoms with E-state index in [0.717, 1.165) is 17.7 Å². The highest BCUT2D eigenvalue weighted by atomic mass is 32.2. The Morgan fingerprint density at radius 1 is 0.950 bits per heavy atom. The fraction of sp³-hybridized carbons (Fsp3) is 0.143. The van der Waals surface area contributed by atoms with Gasteiger partial charge in [0, 0.05) is 11.8 Å². The summed E-state index contributed by atoms with van der Waals surface area (Å²) in [6.45, 7) is 1.02. The molecular formula is C28H23F2N3O6S. The number of imide groups is 1. The van der Waals surface area contributed by atoms with E-state index in [1.165, 1.54) is 13.2 Å². The average Bonchev–Trinajstić information content (AvgIpc) is 3.17. The number of hydrogen-bond donors (Lipinski definition) is 2. The zero-order valence-corrected chi connectivity index (χ0v) is 22.1. The Morgan fingerprint density at radius 3 is 2.40 bits per heavy atom. The van der Waals surface area contributed by atoms with E-state index < -0.39 is 35.2 Å². The van der Waals surface area contributed by atoms with Crippen molar-refractivity contribution in [2.45, 2.75) is 6.92 Å². The van der Waals surface area contributed by atoms with Crippen LogP contribution in [0.5, 0.6) is 11.5 Å². The highest BCUT2D eigenvalue weighted by molar-refractivity contribution is 8.18. The van der Waals surface area contributed by atoms with Crippen molar-refractivity contribution in [3.05, 3.63) is 88.3 Å². The summed E-state index contributed by atoms with van der Waals surface area (Å²) in [5, 5.41) is 4.26. The quantitative estimate of drug-likeness (QED) is 0.351. The van der Waals surface area contributed by atoms with Crippen molar-refractivity contribution in [2.75, 3.05) is 30.9 Å². The summed E-state index contributed by atoms with van der Waals surface area (Å²) in [6, 6.07) is 14.6. The van der Waals surface area contributed by atoms with Crippen LogP contribution >= 0.6 is 11.8 Å². The van der Waals surface area contributed by atoms with Gasteiger partial charge in [0.2, 0.25) is 5.91 Å². The molecule has 40 heavy (non-hydrogen) atoms. The van der Waals surface area contributed by atoms with Crippen LogP contribution < -0.4 is 20.1 Å². The molecule has 1 fully saturated rings. The molecule has 0 aliphatic carbocycles. The third-order valence-corrected chi connectivity index (χ3v) is 6.47. The van der Waals surface area contributed by atoms with Crippen molar-refractivity contribution in [3.8, 4) is 11.5 Å². The molecule has 0 spiro atoms. The molecule has 1 aliphatic rings. The van der Waals surface area contributed by atoms with Crippen molar-refractivity contribution in [1.82, 2.24) is 4.90 Å². The standard InChI is InChI=1S/C28H23F2N3O6S/c1-16-3-7-19(8-4-16)31-26(35)15-39-22-10-5-17(11-23(22)38-2)12-24-27(36)33(28(37)40-24)14-25(34)32-21-9-6-18(29)13-20(21)30/h3-13H,14-15H2,1-2H3,(H,31,35)(H,32,34)/b24-12+. The predicted octanol–water partition coefficient (Wildman–Crippen LogP) is 4.97. The smallest absolute Gasteiger partial charge is 0.294 e. The van der Waals surface area contributed by atoms with Gasteiger partial charge in [-0.1, -0.05) is 23.8 Å². The van der Waals surface area contributed by atoms with Gasteiger partial charge >= 0.3 is 0 Å². The molecule has 2 N–H and O–H groups in total. The fourth-order valence-corrected chi connectivity index (χ4v) is 4.42. The normalized spacial score (nSPS) is 13.9. The van der Waals surface area contributed by atoms with E-state index in [0.29, 0.717) is 34.0 Å². The minimum atomic E-state index is -0.990. The summed E-state index contributed by atoms with van der Waals surface area (Å²) >= 11 is 0.633. The van der Waals surface area contributed by atoms with Crippen LogP contribution in [-0.2, 0) is 14.4 Å². The number of hydrogen-bond acceptors (Lipinski definition) is 7. The van der Waals surface area contributed by atoms with Crippen molar-refractivity contribution >= 4 is 52.2 Å². The van der Waals surface area contributed by atoms with Gasteiger partial charge in [-0.25, -0.2) is 8.78 Å². The first-order chi connectivity index (χ1) is 19.1. The number of nitrogens with zero attached hydrogens (tertiary/aromatic N) is 1. The van der Waals surface area contributed by atoms with Crippen LogP contribution in [0.4, 0.5) is 25.0 Å². The summed E-state index contributed by atoms with van der Waals surface area (Å²) in [7, 11) is 1.41. The van der Waals surface area contributed by atoms with E-state index in [9.17, 15) is 28.0 Å². The lowest BCUT2D eigenvalue weighted by Crippen LogP contribution is -2.36. The molecule has 1 heterocycles. The highest BCUT2D eigenvalue weighted by Gasteiger charge is 2.36. The Balaban J connectivity index is 1.38. The lowest BCUT2D eigenvalue weighted by atomic mass is 10.2. The van der Waals surface area contributed by atoms with Gasteiger partial charge in [0.15, 0.2) is 18.1 Å². The first kappa shape index (κ1) is 28.3. The van der Waals surface area contributed by atoms with E-state index in [4.69, 9.17) is 9.47 Å². The fourth-order valence-electron chi connectivity index (χ4n) is 3.58. The molecule has 1 saturated heterocycles. The molecule has 4 amide bonds. The molecule has 0 saturated carbocycles. The minimum absolute atomic E-state index is 0.0546. The summed E-state index contributed by atoms with van der Waals surface area (Å²) in [5.41, 5.74) is 1.91. The van der Waals surface area contributed by atoms with Crippen LogP contribution in [0.25, 0.3) is 6.08 Å². The molecule has 4 rings (SSSR count). The number of carbonyl (C=O) groups is 4. The second-order valence-electron chi connectivity index (χ2n) is 8.55. The van der Waals surface area contributed by atoms with Crippen LogP contribution in [0.2, 0.25) is 0 Å². The first-order valence-corrected chi connectivity index (χ1v) is 12.6. The van der Waals surface area contributed by atoms with Crippen molar-refractivity contribution in [3.63, 3.8) is 0 Å². The van der Waals surface area contributed by atoms with E-state index in [1.54, 1.807) is 30.3 Å². The van der Waals surface area contributed by atoms with Crippen LogP contribution in [0.1, 0.15) is 11.1 Å². The van der Waals surface area contributed by atoms with Gasteiger partial charge in [-0.05, 0) is 66.7 Å². The number of rotatable bonds is 9. The third-order valence-electron chi connectivity index (χ3n) is 5.56. The molecule has 3 aromatic carbocycles. The van der Waals surface area contributed by atoms with Gasteiger partial charge in [-0.15, -0.1) is 0 Å². The summed E-state index contributed by atoms with van der Waals surface area (Å²) < 4.78 is 37.8. The number of amides is 4. The number of carbonyl (C=O) groups excluding carboxylic acids is 4. The van der Waals surface area contributed by atoms with Crippen LogP contribution in [0, 0.1) is 18.6 Å². The summed E-state index contributed by atoms with van der Waals surface area (Å²) in [4.78, 5) is 50.5. The van der Waals surface area contributed by atoms with Gasteiger partial charge in [0.25, 0.3) is 17.1 Å². The number of anilines is 2. The Morgan fingerprint density at radius 2 is 1.70 bits per heavy atom. The Bertz CT molecular complexity index is 1510. The van der Waals surface area contributed by atoms with Gasteiger partial charge in [0.05, 0.1) is 17.7 Å². The summed E-state index contributed by atoms with van der Waals surface area (Å²) in [6.07, 6.45) is 1.44. The van der Waals surface area contributed by atoms with Crippen molar-refractivity contribution in [1.29, 1.82) is 0 Å². The van der Waals surface area contributed by atoms with Crippen LogP contribution in [0.15, 0.2) is 65.6 Å². The maximum Gasteiger partial charge on any atom is 0.294 e. The Hall–Kier alpha value is -4.71. The molecule has 3 aromatic rings. The molecule has 206 valence electrons. The van der Waals surface area contributed by atoms with Crippen molar-refractivity contribution < 1.29 is 37.4 Å². The number of benzene rings is 3. The van der Waals surface area contributed by atoms with E-state index in [1.807, 2.05) is 19.1 Å². The molecule has 9 nitrogen and oxygen atoms in total. The zero-order chi connectivity index (χ0) is 28.8. The Labute approximate surface area is 232 Å². The molecular weight excluding hydrogens is 544 g/mol. The van der Waals surface area contributed by atoms with E-state index >= 15 is 0 Å². The monoisotopic (exact) mass is 567 g/mol. The zero-order valence-electron chi connectivity index (χ0n) is 21.3. The second-order valence-corrected chi connectivity index (χ2v) is 9.55. The number of halogens is 2. The lowest BCUT2D eigenvalue weighted by Gasteiger charge is -2.13. The van der Waals surface area contributed by atoms with Gasteiger partial charge in [-0.2, -0.15) is 0 Å². The van der Waals surface area contributed by atoms with Gasteiger partial charge in [0.1, 0.15) is 18.2 Å². The van der Waals surface area contributed by atoms with Crippen LogP contribution in [-0.4, -0.2) is 48.1 Å². The number of methoxy groups -OCH3 is 1. The van der Waals surface area contributed by atoms with E-state index in [2.05, 4.69) is 10.6 Å². The second kappa shape index (κ2) is 12.4. The minimum Gasteiger partial charge on any atom is -0.493 e. The maximum atomic E-state index is 13.8. The maximum absolute atomic E-state index is 13.8. The lowest BCUT2D eigenvalue weighted by molar-refractivity contribution is -0.127. The molecule has 12 heteroatoms. The number of aryl methyl sites for hydroxylation is 1. The van der Waals surface area contributed by atoms with Gasteiger partial charge < -0.3 is 20.1 Å². The molecule has 0 aromatic heterocycles. The van der Waals surface area contributed by atoms with Gasteiger partial charge in [-0.3, -0.25) is 24.1 Å². The van der Waals surface area contributed by atoms with Crippen LogP contribution in [0.3, 0.4) is 0 Å². The first-order valence-electron chi connectivity index (χ1n) is 11.8. The predicted molar refractivity (Wildman–Crippen MR) is 146 cm³/mol. The SMILES string of the molecule is COc1cc(/C=C2/SC(=O)N(CC(=O)Nc3ccc(F)cc3F)C2=O)ccc1OCC(=O)Nc1ccc(C)cc1. The molecule has 0 radical (unpaired) electrons. The molecule has 1 aliphatic heterocycles. The average molecular weight is 568 g/mol. The number of thioether (sulfide) groups is 1. The van der Waals surface area contributed by atoms with E-state index in [-0.39, 0.29) is 34.6 Å². The molecule has 0 atom stereocenters. The number of nitrogens with one attached hydrogen (secondary N) is 2. The topological polar surface area (TPSA) is 114 Å². The number of ether oxygens (including phenoxy) is 2. The Kier molecular flexibility index (Phi) is 8.80. The molecule has 0 unspecified atom stereocenters. The largest absolute Gasteiger partial charge is 0.493 e.